The fourth-order valence-electron chi connectivity index (χ4n) is 8.46. The first-order chi connectivity index (χ1) is 33.1. The van der Waals surface area contributed by atoms with Crippen molar-refractivity contribution in [3.05, 3.63) is 256 Å². The average molecular weight is 924 g/mol. The maximum Gasteiger partial charge on any atom is 0.168 e. The zero-order chi connectivity index (χ0) is 45.8. The summed E-state index contributed by atoms with van der Waals surface area (Å²) in [4.78, 5) is 3.33. The minimum absolute atomic E-state index is 0. The van der Waals surface area contributed by atoms with Crippen LogP contribution in [0.5, 0.6) is 17.2 Å². The van der Waals surface area contributed by atoms with E-state index in [9.17, 15) is 0 Å². The van der Waals surface area contributed by atoms with Gasteiger partial charge in [0.2, 0.25) is 0 Å². The SMILES string of the molecule is C=CCOc1c(-c2ccccc2)cc([S+](c2cc(-c3ccccc3)c(OCC=C)c(-c3ccccc3)c2)c2cc(-c3ccccc3)c(OCC=C)c(-c3ccccc3)c2)cc1-c1ccccc1.[Cl-]. The molecule has 9 aromatic rings. The lowest BCUT2D eigenvalue weighted by Crippen LogP contribution is -3.00. The maximum absolute atomic E-state index is 6.72. The van der Waals surface area contributed by atoms with Crippen LogP contribution in [-0.4, -0.2) is 19.8 Å². The van der Waals surface area contributed by atoms with Crippen molar-refractivity contribution in [3.8, 4) is 84.0 Å². The zero-order valence-corrected chi connectivity index (χ0v) is 39.3. The van der Waals surface area contributed by atoms with Gasteiger partial charge in [0.1, 0.15) is 37.1 Å². The van der Waals surface area contributed by atoms with E-state index in [1.807, 2.05) is 0 Å². The fourth-order valence-corrected chi connectivity index (χ4v) is 10.7. The van der Waals surface area contributed by atoms with Crippen molar-refractivity contribution in [2.24, 2.45) is 0 Å². The van der Waals surface area contributed by atoms with Gasteiger partial charge in [-0.2, -0.15) is 0 Å². The van der Waals surface area contributed by atoms with Crippen molar-refractivity contribution >= 4 is 10.9 Å². The number of hydrogen-bond donors (Lipinski definition) is 0. The first-order valence-corrected chi connectivity index (χ1v) is 23.7. The Morgan fingerprint density at radius 1 is 0.294 bits per heavy atom. The van der Waals surface area contributed by atoms with E-state index in [2.05, 4.69) is 238 Å². The van der Waals surface area contributed by atoms with E-state index in [1.165, 1.54) is 0 Å². The molecule has 68 heavy (non-hydrogen) atoms. The maximum atomic E-state index is 6.72. The van der Waals surface area contributed by atoms with E-state index in [-0.39, 0.29) is 12.4 Å². The van der Waals surface area contributed by atoms with Gasteiger partial charge in [0.25, 0.3) is 0 Å². The molecule has 0 spiro atoms. The standard InChI is InChI=1S/C63H51O3S.ClH/c1-4-37-64-61-55(46-25-13-7-14-26-46)40-52(41-56(61)47-27-15-8-16-28-47)67(53-42-57(48-29-17-9-18-30-48)62(65-38-5-2)58(43-53)49-31-19-10-20-32-49)54-44-59(50-33-21-11-22-34-50)63(66-39-6-3)60(45-54)51-35-23-12-24-36-51;/h4-36,40-45H,1-3,37-39H2;1H/q+1;/p-1. The highest BCUT2D eigenvalue weighted by Crippen LogP contribution is 2.50. The summed E-state index contributed by atoms with van der Waals surface area (Å²) in [5.74, 6) is 2.41. The predicted octanol–water partition coefficient (Wildman–Crippen LogP) is 13.5. The van der Waals surface area contributed by atoms with Crippen molar-refractivity contribution in [2.75, 3.05) is 19.8 Å². The van der Waals surface area contributed by atoms with E-state index in [4.69, 9.17) is 14.2 Å². The molecule has 0 aliphatic rings. The second-order valence-electron chi connectivity index (χ2n) is 15.8. The molecule has 0 amide bonds. The summed E-state index contributed by atoms with van der Waals surface area (Å²) in [6, 6.07) is 77.3. The van der Waals surface area contributed by atoms with Crippen molar-refractivity contribution in [1.29, 1.82) is 0 Å². The number of ether oxygens (including phenoxy) is 3. The summed E-state index contributed by atoms with van der Waals surface area (Å²) in [6.45, 7) is 13.2. The third-order valence-electron chi connectivity index (χ3n) is 11.4. The third-order valence-corrected chi connectivity index (χ3v) is 13.6. The highest BCUT2D eigenvalue weighted by molar-refractivity contribution is 7.97. The van der Waals surface area contributed by atoms with Crippen LogP contribution < -0.4 is 26.6 Å². The molecule has 334 valence electrons. The Hall–Kier alpha value is -7.76. The lowest BCUT2D eigenvalue weighted by Gasteiger charge is -2.22. The first kappa shape index (κ1) is 46.8. The number of benzene rings is 9. The van der Waals surface area contributed by atoms with Crippen LogP contribution >= 0.6 is 0 Å². The van der Waals surface area contributed by atoms with Crippen molar-refractivity contribution < 1.29 is 26.6 Å². The van der Waals surface area contributed by atoms with Crippen LogP contribution in [0.25, 0.3) is 66.8 Å². The van der Waals surface area contributed by atoms with Gasteiger partial charge in [-0.15, -0.1) is 0 Å². The van der Waals surface area contributed by atoms with Gasteiger partial charge in [-0.1, -0.05) is 220 Å². The molecule has 0 unspecified atom stereocenters. The predicted molar refractivity (Wildman–Crippen MR) is 281 cm³/mol. The third kappa shape index (κ3) is 10.3. The van der Waals surface area contributed by atoms with Gasteiger partial charge in [-0.05, 0) is 33.4 Å². The van der Waals surface area contributed by atoms with Gasteiger partial charge in [-0.25, -0.2) is 0 Å². The monoisotopic (exact) mass is 922 g/mol. The van der Waals surface area contributed by atoms with E-state index in [0.717, 1.165) is 98.7 Å². The minimum atomic E-state index is -0.788. The molecule has 0 aliphatic carbocycles. The van der Waals surface area contributed by atoms with Gasteiger partial charge < -0.3 is 26.6 Å². The highest BCUT2D eigenvalue weighted by atomic mass is 35.5. The molecular formula is C63H51ClO3S. The summed E-state index contributed by atoms with van der Waals surface area (Å²) in [5.41, 5.74) is 12.3. The molecule has 3 nitrogen and oxygen atoms in total. The second-order valence-corrected chi connectivity index (χ2v) is 17.9. The second kappa shape index (κ2) is 22.6. The molecule has 0 aliphatic heterocycles. The zero-order valence-electron chi connectivity index (χ0n) is 37.8. The van der Waals surface area contributed by atoms with Crippen LogP contribution in [0.2, 0.25) is 0 Å². The molecule has 9 rings (SSSR count). The molecule has 0 heterocycles. The number of hydrogen-bond acceptors (Lipinski definition) is 3. The molecule has 0 atom stereocenters. The molecule has 9 aromatic carbocycles. The highest BCUT2D eigenvalue weighted by Gasteiger charge is 2.36. The Bertz CT molecular complexity index is 2580. The fraction of sp³-hybridized carbons (Fsp3) is 0.0476. The summed E-state index contributed by atoms with van der Waals surface area (Å²) in [6.07, 6.45) is 5.42. The Kier molecular flexibility index (Phi) is 15.6. The van der Waals surface area contributed by atoms with E-state index in [0.29, 0.717) is 19.8 Å². The van der Waals surface area contributed by atoms with Crippen LogP contribution in [0.15, 0.2) is 271 Å². The summed E-state index contributed by atoms with van der Waals surface area (Å²) in [7, 11) is -0.788. The summed E-state index contributed by atoms with van der Waals surface area (Å²) >= 11 is 0. The Balaban J connectivity index is 0.00000625. The van der Waals surface area contributed by atoms with Gasteiger partial charge in [0.05, 0.1) is 10.9 Å². The molecule has 0 aromatic heterocycles. The van der Waals surface area contributed by atoms with Gasteiger partial charge in [-0.3, -0.25) is 0 Å². The van der Waals surface area contributed by atoms with Crippen LogP contribution in [0.4, 0.5) is 0 Å². The molecule has 0 N–H and O–H groups in total. The number of rotatable bonds is 18. The smallest absolute Gasteiger partial charge is 0.168 e. The quantitative estimate of drug-likeness (QED) is 0.0634. The van der Waals surface area contributed by atoms with Crippen LogP contribution in [0.3, 0.4) is 0 Å². The number of halogens is 1. The largest absolute Gasteiger partial charge is 1.00 e. The van der Waals surface area contributed by atoms with Gasteiger partial charge >= 0.3 is 0 Å². The molecule has 0 saturated heterocycles. The van der Waals surface area contributed by atoms with E-state index >= 15 is 0 Å². The summed E-state index contributed by atoms with van der Waals surface area (Å²) < 4.78 is 20.2. The van der Waals surface area contributed by atoms with Crippen molar-refractivity contribution in [1.82, 2.24) is 0 Å². The van der Waals surface area contributed by atoms with Crippen molar-refractivity contribution in [3.63, 3.8) is 0 Å². The van der Waals surface area contributed by atoms with Gasteiger partial charge in [0, 0.05) is 69.8 Å². The van der Waals surface area contributed by atoms with Crippen molar-refractivity contribution in [2.45, 2.75) is 14.7 Å². The van der Waals surface area contributed by atoms with E-state index in [1.54, 1.807) is 18.2 Å². The van der Waals surface area contributed by atoms with Crippen LogP contribution in [-0.2, 0) is 10.9 Å². The van der Waals surface area contributed by atoms with Crippen LogP contribution in [0.1, 0.15) is 0 Å². The van der Waals surface area contributed by atoms with Gasteiger partial charge in [0.15, 0.2) is 14.7 Å². The molecular weight excluding hydrogens is 872 g/mol. The normalized spacial score (nSPS) is 10.7. The Morgan fingerprint density at radius 3 is 0.632 bits per heavy atom. The average Bonchev–Trinajstić information content (AvgIpc) is 3.40. The first-order valence-electron chi connectivity index (χ1n) is 22.5. The van der Waals surface area contributed by atoms with Crippen LogP contribution in [0, 0.1) is 0 Å². The lowest BCUT2D eigenvalue weighted by molar-refractivity contribution is -0.0000138. The summed E-state index contributed by atoms with van der Waals surface area (Å²) in [5, 5.41) is 0. The lowest BCUT2D eigenvalue weighted by atomic mass is 9.97. The Morgan fingerprint density at radius 2 is 0.471 bits per heavy atom. The molecule has 0 radical (unpaired) electrons. The molecule has 0 fully saturated rings. The minimum Gasteiger partial charge on any atom is -1.00 e. The topological polar surface area (TPSA) is 27.7 Å². The van der Waals surface area contributed by atoms with E-state index < -0.39 is 10.9 Å². The molecule has 0 bridgehead atoms. The Labute approximate surface area is 410 Å². The molecule has 5 heteroatoms. The molecule has 0 saturated carbocycles.